The Morgan fingerprint density at radius 1 is 0.581 bits per heavy atom. The predicted octanol–water partition coefficient (Wildman–Crippen LogP) is 2.41. The van der Waals surface area contributed by atoms with Crippen molar-refractivity contribution in [2.24, 2.45) is 0 Å². The quantitative estimate of drug-likeness (QED) is 0.126. The highest BCUT2D eigenvalue weighted by Gasteiger charge is 2.22. The Kier molecular flexibility index (Phi) is 14.6. The number of rotatable bonds is 17. The highest BCUT2D eigenvalue weighted by atomic mass is 32.2. The van der Waals surface area contributed by atoms with Crippen LogP contribution in [-0.2, 0) is 24.4 Å². The van der Waals surface area contributed by atoms with E-state index in [0.717, 1.165) is 0 Å². The molecule has 2 amide bonds. The van der Waals surface area contributed by atoms with E-state index in [1.807, 2.05) is 12.3 Å². The molecule has 322 valence electrons. The van der Waals surface area contributed by atoms with Crippen molar-refractivity contribution in [1.82, 2.24) is 40.3 Å². The van der Waals surface area contributed by atoms with Gasteiger partial charge in [0.05, 0.1) is 65.0 Å². The van der Waals surface area contributed by atoms with Crippen LogP contribution in [0.2, 0.25) is 0 Å². The molecule has 2 N–H and O–H groups in total. The standard InChI is InChI=1S/C44H46N8O9S/c1-62-28-41(53)45-8-9-46-42(54)35-22-29(38-5-2-16-59-38)19-32(47-35)25-50-10-12-51(26-33-20-30(39-6-3-17-60-39)23-36(48-33)43(55)56)14-15-52(13-11-50)27-34-21-31(40-7-4-18-61-40)24-37(49-34)44(57)58/h2-7,16-24H,8-15,25-28H2,1H3,(H,45,53)(H,46,54)(H,55,56)(H,57,58)/p-2. The Morgan fingerprint density at radius 2 is 0.952 bits per heavy atom. The van der Waals surface area contributed by atoms with Crippen LogP contribution in [0.5, 0.6) is 0 Å². The van der Waals surface area contributed by atoms with E-state index in [4.69, 9.17) is 18.2 Å². The number of pyridine rings is 3. The van der Waals surface area contributed by atoms with Crippen LogP contribution in [-0.4, -0.2) is 118 Å². The number of aromatic nitrogens is 3. The molecule has 0 saturated carbocycles. The average molecular weight is 861 g/mol. The molecule has 7 heterocycles. The summed E-state index contributed by atoms with van der Waals surface area (Å²) in [4.78, 5) is 69.6. The van der Waals surface area contributed by atoms with E-state index in [2.05, 4.69) is 35.3 Å². The maximum Gasteiger partial charge on any atom is 0.269 e. The number of amides is 2. The lowest BCUT2D eigenvalue weighted by Crippen LogP contribution is -2.36. The number of carboxylic acids is 2. The normalized spacial score (nSPS) is 14.1. The summed E-state index contributed by atoms with van der Waals surface area (Å²) in [6.45, 7) is 4.74. The molecular weight excluding hydrogens is 817 g/mol. The van der Waals surface area contributed by atoms with E-state index in [-0.39, 0.29) is 36.1 Å². The van der Waals surface area contributed by atoms with Gasteiger partial charge in [-0.3, -0.25) is 34.3 Å². The summed E-state index contributed by atoms with van der Waals surface area (Å²) in [5.41, 5.74) is 3.18. The average Bonchev–Trinajstić information content (AvgIpc) is 4.10. The van der Waals surface area contributed by atoms with E-state index in [0.29, 0.717) is 116 Å². The van der Waals surface area contributed by atoms with Crippen LogP contribution in [0.15, 0.2) is 105 Å². The molecule has 0 radical (unpaired) electrons. The van der Waals surface area contributed by atoms with Crippen LogP contribution in [0.3, 0.4) is 0 Å². The molecule has 0 aromatic carbocycles. The topological polar surface area (TPSA) is 226 Å². The number of nitrogens with one attached hydrogen (secondary N) is 2. The molecule has 6 aromatic heterocycles. The van der Waals surface area contributed by atoms with E-state index in [1.54, 1.807) is 60.9 Å². The minimum atomic E-state index is -1.41. The molecule has 0 spiro atoms. The Morgan fingerprint density at radius 3 is 1.31 bits per heavy atom. The molecule has 1 fully saturated rings. The zero-order valence-corrected chi connectivity index (χ0v) is 34.7. The van der Waals surface area contributed by atoms with Gasteiger partial charge in [-0.15, -0.1) is 0 Å². The molecule has 62 heavy (non-hydrogen) atoms. The smallest absolute Gasteiger partial charge is 0.269 e. The number of carboxylic acid groups (broad SMARTS) is 2. The zero-order valence-electron chi connectivity index (χ0n) is 33.9. The number of carbonyl (C=O) groups excluding carboxylic acids is 4. The monoisotopic (exact) mass is 860 g/mol. The van der Waals surface area contributed by atoms with Crippen molar-refractivity contribution in [3.8, 4) is 34.0 Å². The largest absolute Gasteiger partial charge is 0.543 e. The van der Waals surface area contributed by atoms with Crippen molar-refractivity contribution in [2.75, 3.05) is 64.4 Å². The highest BCUT2D eigenvalue weighted by molar-refractivity contribution is 7.99. The first kappa shape index (κ1) is 43.5. The molecule has 7 rings (SSSR count). The fraction of sp³-hybridized carbons (Fsp3) is 0.295. The summed E-state index contributed by atoms with van der Waals surface area (Å²) in [7, 11) is 0. The SMILES string of the molecule is CSCC(=O)NCCNC(=O)c1cc(-c2ccco2)cc(CN2CCN(Cc3cc(-c4ccco4)cc(C(=O)[O-])n3)CCN(Cc3cc(-c4ccco4)cc(C(=O)[O-])n3)CC2)n1. The molecule has 0 atom stereocenters. The number of thioether (sulfide) groups is 1. The van der Waals surface area contributed by atoms with E-state index in [1.165, 1.54) is 36.4 Å². The fourth-order valence-corrected chi connectivity index (χ4v) is 7.45. The maximum absolute atomic E-state index is 13.4. The maximum atomic E-state index is 13.4. The summed E-state index contributed by atoms with van der Waals surface area (Å²) in [5, 5.41) is 29.7. The lowest BCUT2D eigenvalue weighted by atomic mass is 10.1. The van der Waals surface area contributed by atoms with Crippen molar-refractivity contribution in [3.63, 3.8) is 0 Å². The third kappa shape index (κ3) is 11.8. The minimum Gasteiger partial charge on any atom is -0.543 e. The number of nitrogens with zero attached hydrogens (tertiary/aromatic N) is 6. The van der Waals surface area contributed by atoms with Crippen LogP contribution in [0.1, 0.15) is 48.5 Å². The summed E-state index contributed by atoms with van der Waals surface area (Å²) in [6, 6.07) is 20.5. The van der Waals surface area contributed by atoms with Gasteiger partial charge in [-0.1, -0.05) is 0 Å². The van der Waals surface area contributed by atoms with Gasteiger partial charge in [0.2, 0.25) is 5.91 Å². The van der Waals surface area contributed by atoms with Gasteiger partial charge in [0.15, 0.2) is 0 Å². The van der Waals surface area contributed by atoms with Crippen molar-refractivity contribution in [1.29, 1.82) is 0 Å². The van der Waals surface area contributed by atoms with E-state index >= 15 is 0 Å². The van der Waals surface area contributed by atoms with Gasteiger partial charge in [0, 0.05) is 88.7 Å². The second-order valence-corrected chi connectivity index (χ2v) is 15.4. The molecule has 6 aromatic rings. The second-order valence-electron chi connectivity index (χ2n) is 14.6. The second kappa shape index (κ2) is 20.8. The zero-order chi connectivity index (χ0) is 43.4. The summed E-state index contributed by atoms with van der Waals surface area (Å²) in [5.74, 6) is -1.45. The van der Waals surface area contributed by atoms with Gasteiger partial charge in [-0.05, 0) is 79.1 Å². The van der Waals surface area contributed by atoms with E-state index < -0.39 is 17.8 Å². The highest BCUT2D eigenvalue weighted by Crippen LogP contribution is 2.25. The molecule has 18 heteroatoms. The van der Waals surface area contributed by atoms with Crippen LogP contribution in [0.4, 0.5) is 0 Å². The van der Waals surface area contributed by atoms with E-state index in [9.17, 15) is 29.4 Å². The molecular formula is C44H44N8O9S-2. The molecule has 1 aliphatic heterocycles. The number of hydrogen-bond donors (Lipinski definition) is 2. The van der Waals surface area contributed by atoms with Crippen LogP contribution >= 0.6 is 11.8 Å². The Labute approximate surface area is 361 Å². The van der Waals surface area contributed by atoms with Crippen LogP contribution in [0, 0.1) is 0 Å². The Bertz CT molecular complexity index is 2350. The van der Waals surface area contributed by atoms with Crippen LogP contribution < -0.4 is 20.8 Å². The van der Waals surface area contributed by atoms with Crippen molar-refractivity contribution >= 4 is 35.5 Å². The molecule has 1 aliphatic rings. The van der Waals surface area contributed by atoms with Gasteiger partial charge < -0.3 is 43.7 Å². The van der Waals surface area contributed by atoms with Gasteiger partial charge in [-0.2, -0.15) is 11.8 Å². The lowest BCUT2D eigenvalue weighted by Gasteiger charge is -2.26. The molecule has 1 saturated heterocycles. The van der Waals surface area contributed by atoms with Crippen LogP contribution in [0.25, 0.3) is 34.0 Å². The van der Waals surface area contributed by atoms with Crippen molar-refractivity contribution in [2.45, 2.75) is 19.6 Å². The fourth-order valence-electron chi connectivity index (χ4n) is 7.08. The lowest BCUT2D eigenvalue weighted by molar-refractivity contribution is -0.256. The first-order valence-corrected chi connectivity index (χ1v) is 21.3. The minimum absolute atomic E-state index is 0.116. The molecule has 0 bridgehead atoms. The summed E-state index contributed by atoms with van der Waals surface area (Å²) >= 11 is 1.41. The van der Waals surface area contributed by atoms with Gasteiger partial charge >= 0.3 is 0 Å². The third-order valence-electron chi connectivity index (χ3n) is 10.1. The van der Waals surface area contributed by atoms with Crippen molar-refractivity contribution < 1.29 is 42.6 Å². The first-order chi connectivity index (χ1) is 30.1. The summed E-state index contributed by atoms with van der Waals surface area (Å²) < 4.78 is 16.9. The third-order valence-corrected chi connectivity index (χ3v) is 10.6. The molecule has 0 unspecified atom stereocenters. The number of carbonyl (C=O) groups is 4. The Hall–Kier alpha value is -6.60. The summed E-state index contributed by atoms with van der Waals surface area (Å²) in [6.07, 6.45) is 6.42. The number of aromatic carboxylic acids is 2. The predicted molar refractivity (Wildman–Crippen MR) is 224 cm³/mol. The first-order valence-electron chi connectivity index (χ1n) is 19.9. The molecule has 17 nitrogen and oxygen atoms in total. The Balaban J connectivity index is 1.16. The van der Waals surface area contributed by atoms with Gasteiger partial charge in [0.1, 0.15) is 23.0 Å². The number of hydrogen-bond acceptors (Lipinski definition) is 16. The van der Waals surface area contributed by atoms with Gasteiger partial charge in [0.25, 0.3) is 5.91 Å². The molecule has 0 aliphatic carbocycles. The van der Waals surface area contributed by atoms with Crippen molar-refractivity contribution in [3.05, 3.63) is 126 Å². The van der Waals surface area contributed by atoms with Gasteiger partial charge in [-0.25, -0.2) is 4.98 Å². The number of furan rings is 3.